The average Bonchev–Trinajstić information content (AvgIpc) is 2.93. The number of para-hydroxylation sites is 2. The van der Waals surface area contributed by atoms with Crippen LogP contribution in [0.3, 0.4) is 0 Å². The highest BCUT2D eigenvalue weighted by Gasteiger charge is 2.08. The van der Waals surface area contributed by atoms with Gasteiger partial charge in [0.1, 0.15) is 5.58 Å². The van der Waals surface area contributed by atoms with Gasteiger partial charge in [0.15, 0.2) is 5.58 Å². The van der Waals surface area contributed by atoms with E-state index < -0.39 is 0 Å². The summed E-state index contributed by atoms with van der Waals surface area (Å²) in [5, 5.41) is 2.28. The Bertz CT molecular complexity index is 942. The third kappa shape index (κ3) is 2.15. The predicted molar refractivity (Wildman–Crippen MR) is 87.1 cm³/mol. The lowest BCUT2D eigenvalue weighted by Gasteiger charge is -1.98. The van der Waals surface area contributed by atoms with Crippen LogP contribution in [0.15, 0.2) is 70.7 Å². The molecule has 0 bridgehead atoms. The molecule has 0 unspecified atom stereocenters. The molecule has 0 atom stereocenters. The van der Waals surface area contributed by atoms with Crippen LogP contribution in [-0.2, 0) is 0 Å². The SMILES string of the molecule is C(#Cc1cccc2c1oc1ccccc12)C1=CCCC=C1. The van der Waals surface area contributed by atoms with Crippen LogP contribution in [0.25, 0.3) is 21.9 Å². The number of hydrogen-bond acceptors (Lipinski definition) is 1. The van der Waals surface area contributed by atoms with Crippen LogP contribution in [0.5, 0.6) is 0 Å². The van der Waals surface area contributed by atoms with Crippen LogP contribution in [0.2, 0.25) is 0 Å². The summed E-state index contributed by atoms with van der Waals surface area (Å²) < 4.78 is 5.98. The van der Waals surface area contributed by atoms with Crippen molar-refractivity contribution in [1.82, 2.24) is 0 Å². The second-order valence-corrected chi connectivity index (χ2v) is 5.17. The second-order valence-electron chi connectivity index (χ2n) is 5.17. The number of furan rings is 1. The quantitative estimate of drug-likeness (QED) is 0.511. The zero-order valence-corrected chi connectivity index (χ0v) is 11.6. The molecule has 1 aliphatic rings. The highest BCUT2D eigenvalue weighted by molar-refractivity contribution is 6.06. The van der Waals surface area contributed by atoms with Gasteiger partial charge in [-0.25, -0.2) is 0 Å². The molecule has 0 amide bonds. The number of rotatable bonds is 0. The summed E-state index contributed by atoms with van der Waals surface area (Å²) in [4.78, 5) is 0. The fourth-order valence-electron chi connectivity index (χ4n) is 2.69. The highest BCUT2D eigenvalue weighted by Crippen LogP contribution is 2.30. The molecule has 2 aromatic carbocycles. The minimum absolute atomic E-state index is 0.881. The second kappa shape index (κ2) is 5.00. The summed E-state index contributed by atoms with van der Waals surface area (Å²) in [5.74, 6) is 6.49. The van der Waals surface area contributed by atoms with Crippen molar-refractivity contribution < 1.29 is 4.42 Å². The van der Waals surface area contributed by atoms with Crippen molar-refractivity contribution in [1.29, 1.82) is 0 Å². The summed E-state index contributed by atoms with van der Waals surface area (Å²) in [7, 11) is 0. The Labute approximate surface area is 123 Å². The van der Waals surface area contributed by atoms with Crippen molar-refractivity contribution in [2.75, 3.05) is 0 Å². The molecule has 1 heteroatoms. The summed E-state index contributed by atoms with van der Waals surface area (Å²) in [6.07, 6.45) is 8.65. The van der Waals surface area contributed by atoms with Crippen LogP contribution in [0, 0.1) is 11.8 Å². The van der Waals surface area contributed by atoms with E-state index in [9.17, 15) is 0 Å². The normalized spacial score (nSPS) is 14.0. The lowest BCUT2D eigenvalue weighted by Crippen LogP contribution is -1.81. The molecule has 3 aromatic rings. The molecule has 4 rings (SSSR count). The van der Waals surface area contributed by atoms with Crippen LogP contribution >= 0.6 is 0 Å². The topological polar surface area (TPSA) is 13.1 Å². The first kappa shape index (κ1) is 12.1. The van der Waals surface area contributed by atoms with Gasteiger partial charge >= 0.3 is 0 Å². The zero-order chi connectivity index (χ0) is 14.1. The standard InChI is InChI=1S/C20H14O/c1-2-7-15(8-3-1)13-14-16-9-6-11-18-17-10-4-5-12-19(17)21-20(16)18/h2,4-12H,1,3H2. The third-order valence-corrected chi connectivity index (χ3v) is 3.74. The van der Waals surface area contributed by atoms with E-state index in [1.807, 2.05) is 30.3 Å². The van der Waals surface area contributed by atoms with E-state index in [1.165, 1.54) is 0 Å². The largest absolute Gasteiger partial charge is 0.455 e. The Morgan fingerprint density at radius 3 is 2.67 bits per heavy atom. The Morgan fingerprint density at radius 1 is 0.857 bits per heavy atom. The van der Waals surface area contributed by atoms with Gasteiger partial charge in [-0.15, -0.1) is 0 Å². The fraction of sp³-hybridized carbons (Fsp3) is 0.100. The monoisotopic (exact) mass is 270 g/mol. The number of benzene rings is 2. The molecule has 0 saturated carbocycles. The lowest BCUT2D eigenvalue weighted by atomic mass is 10.1. The maximum Gasteiger partial charge on any atom is 0.151 e. The molecule has 1 aliphatic carbocycles. The fourth-order valence-corrected chi connectivity index (χ4v) is 2.69. The Kier molecular flexibility index (Phi) is 2.87. The molecular formula is C20H14O. The van der Waals surface area contributed by atoms with Gasteiger partial charge in [0.2, 0.25) is 0 Å². The van der Waals surface area contributed by atoms with Crippen molar-refractivity contribution in [2.45, 2.75) is 12.8 Å². The van der Waals surface area contributed by atoms with Gasteiger partial charge in [-0.05, 0) is 25.0 Å². The third-order valence-electron chi connectivity index (χ3n) is 3.74. The minimum Gasteiger partial charge on any atom is -0.455 e. The molecule has 1 aromatic heterocycles. The molecule has 0 N–H and O–H groups in total. The molecular weight excluding hydrogens is 256 g/mol. The average molecular weight is 270 g/mol. The van der Waals surface area contributed by atoms with E-state index in [1.54, 1.807) is 0 Å². The van der Waals surface area contributed by atoms with Gasteiger partial charge in [-0.1, -0.05) is 60.4 Å². The van der Waals surface area contributed by atoms with E-state index in [4.69, 9.17) is 4.42 Å². The van der Waals surface area contributed by atoms with Crippen molar-refractivity contribution in [3.05, 3.63) is 71.8 Å². The maximum absolute atomic E-state index is 5.98. The first-order valence-electron chi connectivity index (χ1n) is 7.21. The van der Waals surface area contributed by atoms with E-state index >= 15 is 0 Å². The number of allylic oxidation sites excluding steroid dienone is 4. The van der Waals surface area contributed by atoms with Crippen LogP contribution in [-0.4, -0.2) is 0 Å². The zero-order valence-electron chi connectivity index (χ0n) is 11.6. The van der Waals surface area contributed by atoms with Crippen molar-refractivity contribution in [3.63, 3.8) is 0 Å². The van der Waals surface area contributed by atoms with E-state index in [0.717, 1.165) is 45.9 Å². The molecule has 0 aliphatic heterocycles. The molecule has 21 heavy (non-hydrogen) atoms. The van der Waals surface area contributed by atoms with Gasteiger partial charge in [-0.3, -0.25) is 0 Å². The molecule has 1 heterocycles. The van der Waals surface area contributed by atoms with Gasteiger partial charge in [0.05, 0.1) is 5.56 Å². The Hall–Kier alpha value is -2.72. The Balaban J connectivity index is 1.88. The number of fused-ring (bicyclic) bond motifs is 3. The van der Waals surface area contributed by atoms with Crippen LogP contribution in [0.1, 0.15) is 18.4 Å². The van der Waals surface area contributed by atoms with Crippen LogP contribution in [0.4, 0.5) is 0 Å². The van der Waals surface area contributed by atoms with Crippen molar-refractivity contribution in [2.24, 2.45) is 0 Å². The summed E-state index contributed by atoms with van der Waals surface area (Å²) in [6.45, 7) is 0. The first-order chi connectivity index (χ1) is 10.4. The first-order valence-corrected chi connectivity index (χ1v) is 7.21. The summed E-state index contributed by atoms with van der Waals surface area (Å²) >= 11 is 0. The van der Waals surface area contributed by atoms with Gasteiger partial charge < -0.3 is 4.42 Å². The number of hydrogen-bond donors (Lipinski definition) is 0. The lowest BCUT2D eigenvalue weighted by molar-refractivity contribution is 0.668. The summed E-state index contributed by atoms with van der Waals surface area (Å²) in [5.41, 5.74) is 3.84. The smallest absolute Gasteiger partial charge is 0.151 e. The maximum atomic E-state index is 5.98. The minimum atomic E-state index is 0.881. The molecule has 1 nitrogen and oxygen atoms in total. The molecule has 0 saturated heterocycles. The predicted octanol–water partition coefficient (Wildman–Crippen LogP) is 5.21. The van der Waals surface area contributed by atoms with Crippen molar-refractivity contribution in [3.8, 4) is 11.8 Å². The van der Waals surface area contributed by atoms with Gasteiger partial charge in [0, 0.05) is 16.3 Å². The van der Waals surface area contributed by atoms with Crippen LogP contribution < -0.4 is 0 Å². The highest BCUT2D eigenvalue weighted by atomic mass is 16.3. The van der Waals surface area contributed by atoms with Crippen molar-refractivity contribution >= 4 is 21.9 Å². The molecule has 0 fully saturated rings. The van der Waals surface area contributed by atoms with Gasteiger partial charge in [-0.2, -0.15) is 0 Å². The Morgan fingerprint density at radius 2 is 1.76 bits per heavy atom. The van der Waals surface area contributed by atoms with E-state index in [-0.39, 0.29) is 0 Å². The molecule has 0 spiro atoms. The van der Waals surface area contributed by atoms with E-state index in [2.05, 4.69) is 42.2 Å². The molecule has 0 radical (unpaired) electrons. The summed E-state index contributed by atoms with van der Waals surface area (Å²) in [6, 6.07) is 14.3. The van der Waals surface area contributed by atoms with Gasteiger partial charge in [0.25, 0.3) is 0 Å². The molecule has 100 valence electrons. The van der Waals surface area contributed by atoms with E-state index in [0.29, 0.717) is 0 Å².